The molecule has 1 N–H and O–H groups in total. The molecule has 0 spiro atoms. The highest BCUT2D eigenvalue weighted by molar-refractivity contribution is 6.34. The topological polar surface area (TPSA) is 101 Å². The number of nitro groups is 1. The van der Waals surface area contributed by atoms with Crippen molar-refractivity contribution in [1.82, 2.24) is 4.90 Å². The van der Waals surface area contributed by atoms with E-state index in [1.807, 2.05) is 0 Å². The molecule has 1 saturated heterocycles. The van der Waals surface area contributed by atoms with Crippen molar-refractivity contribution in [3.63, 3.8) is 0 Å². The van der Waals surface area contributed by atoms with E-state index in [-0.39, 0.29) is 22.8 Å². The monoisotopic (exact) mass is 484 g/mol. The maximum atomic E-state index is 13.0. The van der Waals surface area contributed by atoms with Gasteiger partial charge in [-0.2, -0.15) is 0 Å². The first kappa shape index (κ1) is 23.6. The second kappa shape index (κ2) is 10.1. The third-order valence-electron chi connectivity index (χ3n) is 5.87. The van der Waals surface area contributed by atoms with Crippen LogP contribution in [-0.4, -0.2) is 55.6 Å². The Bertz CT molecular complexity index is 1200. The van der Waals surface area contributed by atoms with Gasteiger partial charge in [-0.05, 0) is 42.9 Å². The molecule has 4 rings (SSSR count). The van der Waals surface area contributed by atoms with Gasteiger partial charge in [0.25, 0.3) is 11.6 Å². The number of likely N-dealkylation sites (N-methyl/N-ethyl adjacent to an activating group) is 1. The first-order chi connectivity index (χ1) is 16.4. The number of benzene rings is 2. The van der Waals surface area contributed by atoms with Gasteiger partial charge in [-0.15, -0.1) is 0 Å². The first-order valence-electron chi connectivity index (χ1n) is 10.9. The van der Waals surface area contributed by atoms with Crippen molar-refractivity contribution in [3.8, 4) is 17.1 Å². The molecule has 1 fully saturated rings. The molecule has 3 aromatic rings. The van der Waals surface area contributed by atoms with Crippen LogP contribution in [-0.2, 0) is 0 Å². The van der Waals surface area contributed by atoms with E-state index < -0.39 is 10.8 Å². The molecule has 9 nitrogen and oxygen atoms in total. The number of amides is 1. The summed E-state index contributed by atoms with van der Waals surface area (Å²) in [5, 5.41) is 15.0. The van der Waals surface area contributed by atoms with Crippen LogP contribution in [0.3, 0.4) is 0 Å². The Kier molecular flexibility index (Phi) is 7.04. The van der Waals surface area contributed by atoms with Crippen molar-refractivity contribution in [2.75, 3.05) is 50.1 Å². The van der Waals surface area contributed by atoms with E-state index in [4.69, 9.17) is 20.8 Å². The summed E-state index contributed by atoms with van der Waals surface area (Å²) >= 11 is 6.51. The number of halogens is 1. The summed E-state index contributed by atoms with van der Waals surface area (Å²) in [4.78, 5) is 28.5. The lowest BCUT2D eigenvalue weighted by molar-refractivity contribution is -0.384. The summed E-state index contributed by atoms with van der Waals surface area (Å²) in [5.74, 6) is 0.120. The minimum atomic E-state index is -0.517. The Morgan fingerprint density at radius 1 is 1.18 bits per heavy atom. The zero-order valence-corrected chi connectivity index (χ0v) is 19.7. The SMILES string of the molecule is CCN1CCN(c2c(Cl)cccc2NC(=O)c2ccc(-c3ccc(OC)cc3[N+](=O)[O-])o2)CC1. The van der Waals surface area contributed by atoms with Crippen LogP contribution in [0.5, 0.6) is 5.75 Å². The number of piperazine rings is 1. The fourth-order valence-electron chi connectivity index (χ4n) is 4.01. The van der Waals surface area contributed by atoms with Gasteiger partial charge in [0.15, 0.2) is 5.76 Å². The van der Waals surface area contributed by atoms with Gasteiger partial charge in [0, 0.05) is 26.2 Å². The van der Waals surface area contributed by atoms with Gasteiger partial charge >= 0.3 is 0 Å². The van der Waals surface area contributed by atoms with Gasteiger partial charge in [-0.1, -0.05) is 24.6 Å². The number of nitrogens with one attached hydrogen (secondary N) is 1. The number of carbonyl (C=O) groups excluding carboxylic acids is 1. The number of para-hydroxylation sites is 1. The van der Waals surface area contributed by atoms with Crippen molar-refractivity contribution in [3.05, 3.63) is 69.4 Å². The average molecular weight is 485 g/mol. The molecule has 178 valence electrons. The second-order valence-electron chi connectivity index (χ2n) is 7.82. The van der Waals surface area contributed by atoms with Crippen LogP contribution in [0.2, 0.25) is 5.02 Å². The molecule has 2 aromatic carbocycles. The molecule has 1 aromatic heterocycles. The van der Waals surface area contributed by atoms with Crippen LogP contribution >= 0.6 is 11.6 Å². The van der Waals surface area contributed by atoms with Crippen molar-refractivity contribution < 1.29 is 18.9 Å². The van der Waals surface area contributed by atoms with E-state index in [0.29, 0.717) is 16.5 Å². The van der Waals surface area contributed by atoms with Gasteiger partial charge in [0.2, 0.25) is 0 Å². The highest BCUT2D eigenvalue weighted by Crippen LogP contribution is 2.36. The minimum Gasteiger partial charge on any atom is -0.497 e. The van der Waals surface area contributed by atoms with Gasteiger partial charge in [0.05, 0.1) is 40.1 Å². The predicted octanol–water partition coefficient (Wildman–Crippen LogP) is 4.91. The number of furan rings is 1. The van der Waals surface area contributed by atoms with Crippen molar-refractivity contribution in [2.24, 2.45) is 0 Å². The Morgan fingerprint density at radius 2 is 1.94 bits per heavy atom. The largest absolute Gasteiger partial charge is 0.497 e. The van der Waals surface area contributed by atoms with E-state index in [2.05, 4.69) is 22.0 Å². The smallest absolute Gasteiger partial charge is 0.291 e. The van der Waals surface area contributed by atoms with Crippen LogP contribution < -0.4 is 15.0 Å². The molecule has 10 heteroatoms. The van der Waals surface area contributed by atoms with E-state index >= 15 is 0 Å². The van der Waals surface area contributed by atoms with Crippen molar-refractivity contribution in [1.29, 1.82) is 0 Å². The molecular weight excluding hydrogens is 460 g/mol. The van der Waals surface area contributed by atoms with E-state index in [1.165, 1.54) is 31.4 Å². The molecule has 1 aliphatic heterocycles. The van der Waals surface area contributed by atoms with Crippen molar-refractivity contribution in [2.45, 2.75) is 6.92 Å². The lowest BCUT2D eigenvalue weighted by Crippen LogP contribution is -2.46. The van der Waals surface area contributed by atoms with Gasteiger partial charge in [-0.25, -0.2) is 0 Å². The van der Waals surface area contributed by atoms with Crippen molar-refractivity contribution >= 4 is 34.6 Å². The van der Waals surface area contributed by atoms with Gasteiger partial charge < -0.3 is 24.3 Å². The lowest BCUT2D eigenvalue weighted by Gasteiger charge is -2.36. The number of nitro benzene ring substituents is 1. The molecule has 0 unspecified atom stereocenters. The van der Waals surface area contributed by atoms with Gasteiger partial charge in [0.1, 0.15) is 11.5 Å². The number of methoxy groups -OCH3 is 1. The molecule has 0 atom stereocenters. The highest BCUT2D eigenvalue weighted by Gasteiger charge is 2.24. The number of ether oxygens (including phenoxy) is 1. The maximum absolute atomic E-state index is 13.0. The molecule has 1 aliphatic rings. The summed E-state index contributed by atoms with van der Waals surface area (Å²) in [6.45, 7) is 6.55. The van der Waals surface area contributed by atoms with Crippen LogP contribution in [0, 0.1) is 10.1 Å². The zero-order chi connectivity index (χ0) is 24.2. The Balaban J connectivity index is 1.57. The number of carbonyl (C=O) groups is 1. The first-order valence-corrected chi connectivity index (χ1v) is 11.3. The molecule has 2 heterocycles. The Labute approximate surface area is 202 Å². The standard InChI is InChI=1S/C24H25ClN4O5/c1-3-27-11-13-28(14-12-27)23-18(25)5-4-6-19(23)26-24(30)22-10-9-21(34-22)17-8-7-16(33-2)15-20(17)29(31)32/h4-10,15H,3,11-14H2,1-2H3,(H,26,30). The zero-order valence-electron chi connectivity index (χ0n) is 18.9. The number of hydrogen-bond donors (Lipinski definition) is 1. The number of nitrogens with zero attached hydrogens (tertiary/aromatic N) is 3. The molecule has 0 aliphatic carbocycles. The second-order valence-corrected chi connectivity index (χ2v) is 8.22. The fraction of sp³-hybridized carbons (Fsp3) is 0.292. The summed E-state index contributed by atoms with van der Waals surface area (Å²) in [6.07, 6.45) is 0. The van der Waals surface area contributed by atoms with Crippen LogP contribution in [0.4, 0.5) is 17.1 Å². The average Bonchev–Trinajstić information content (AvgIpc) is 3.34. The third-order valence-corrected chi connectivity index (χ3v) is 6.17. The predicted molar refractivity (Wildman–Crippen MR) is 131 cm³/mol. The lowest BCUT2D eigenvalue weighted by atomic mass is 10.1. The van der Waals surface area contributed by atoms with Crippen LogP contribution in [0.1, 0.15) is 17.5 Å². The molecule has 0 saturated carbocycles. The van der Waals surface area contributed by atoms with E-state index in [1.54, 1.807) is 24.3 Å². The normalized spacial score (nSPS) is 14.1. The Hall–Kier alpha value is -3.56. The third kappa shape index (κ3) is 4.85. The number of hydrogen-bond acceptors (Lipinski definition) is 7. The van der Waals surface area contributed by atoms with E-state index in [0.717, 1.165) is 38.4 Å². The maximum Gasteiger partial charge on any atom is 0.291 e. The number of rotatable bonds is 7. The summed E-state index contributed by atoms with van der Waals surface area (Å²) in [7, 11) is 1.43. The molecule has 0 bridgehead atoms. The molecule has 1 amide bonds. The molecular formula is C24H25ClN4O5. The summed E-state index contributed by atoms with van der Waals surface area (Å²) in [6, 6.07) is 12.8. The van der Waals surface area contributed by atoms with Crippen LogP contribution in [0.25, 0.3) is 11.3 Å². The summed E-state index contributed by atoms with van der Waals surface area (Å²) < 4.78 is 10.8. The molecule has 34 heavy (non-hydrogen) atoms. The van der Waals surface area contributed by atoms with Gasteiger partial charge in [-0.3, -0.25) is 14.9 Å². The minimum absolute atomic E-state index is 0.0295. The van der Waals surface area contributed by atoms with E-state index in [9.17, 15) is 14.9 Å². The van der Waals surface area contributed by atoms with Crippen LogP contribution in [0.15, 0.2) is 52.9 Å². The quantitative estimate of drug-likeness (QED) is 0.375. The molecule has 0 radical (unpaired) electrons. The summed E-state index contributed by atoms with van der Waals surface area (Å²) in [5.41, 5.74) is 1.42. The Morgan fingerprint density at radius 3 is 2.62 bits per heavy atom. The highest BCUT2D eigenvalue weighted by atomic mass is 35.5. The fourth-order valence-corrected chi connectivity index (χ4v) is 4.31. The number of anilines is 2.